The van der Waals surface area contributed by atoms with Crippen molar-refractivity contribution >= 4 is 0 Å². The van der Waals surface area contributed by atoms with Crippen LogP contribution >= 0.6 is 0 Å². The summed E-state index contributed by atoms with van der Waals surface area (Å²) in [7, 11) is 0. The second-order valence-corrected chi connectivity index (χ2v) is 6.59. The molecular weight excluding hydrogens is 208 g/mol. The Morgan fingerprint density at radius 3 is 2.29 bits per heavy atom. The van der Waals surface area contributed by atoms with Gasteiger partial charge in [-0.3, -0.25) is 0 Å². The molecule has 1 saturated carbocycles. The molecule has 1 saturated heterocycles. The van der Waals surface area contributed by atoms with E-state index in [4.69, 9.17) is 5.73 Å². The zero-order valence-electron chi connectivity index (χ0n) is 11.7. The molecule has 0 bridgehead atoms. The molecule has 2 fully saturated rings. The third kappa shape index (κ3) is 3.69. The van der Waals surface area contributed by atoms with Gasteiger partial charge in [0.05, 0.1) is 0 Å². The lowest BCUT2D eigenvalue weighted by atomic mass is 9.83. The van der Waals surface area contributed by atoms with Gasteiger partial charge in [0.15, 0.2) is 0 Å². The van der Waals surface area contributed by atoms with Crippen molar-refractivity contribution in [3.05, 3.63) is 0 Å². The molecule has 2 aliphatic rings. The molecule has 2 heteroatoms. The van der Waals surface area contributed by atoms with Crippen molar-refractivity contribution in [2.45, 2.75) is 58.4 Å². The fraction of sp³-hybridized carbons (Fsp3) is 1.00. The van der Waals surface area contributed by atoms with Crippen LogP contribution in [0.2, 0.25) is 0 Å². The van der Waals surface area contributed by atoms with Gasteiger partial charge in [0.25, 0.3) is 0 Å². The van der Waals surface area contributed by atoms with Crippen LogP contribution in [0.4, 0.5) is 0 Å². The number of nitrogens with two attached hydrogens (primary N) is 1. The van der Waals surface area contributed by atoms with Gasteiger partial charge in [-0.25, -0.2) is 0 Å². The van der Waals surface area contributed by atoms with Gasteiger partial charge in [-0.2, -0.15) is 0 Å². The molecule has 2 nitrogen and oxygen atoms in total. The van der Waals surface area contributed by atoms with E-state index in [2.05, 4.69) is 18.7 Å². The number of likely N-dealkylation sites (tertiary alicyclic amines) is 1. The van der Waals surface area contributed by atoms with Gasteiger partial charge in [0.2, 0.25) is 0 Å². The minimum absolute atomic E-state index is 0.478. The summed E-state index contributed by atoms with van der Waals surface area (Å²) < 4.78 is 0. The molecule has 2 unspecified atom stereocenters. The first kappa shape index (κ1) is 13.4. The van der Waals surface area contributed by atoms with E-state index in [1.807, 2.05) is 0 Å². The third-order valence-electron chi connectivity index (χ3n) is 5.04. The first-order valence-electron chi connectivity index (χ1n) is 7.64. The van der Waals surface area contributed by atoms with Gasteiger partial charge in [0, 0.05) is 12.6 Å². The van der Waals surface area contributed by atoms with Gasteiger partial charge in [-0.1, -0.05) is 26.7 Å². The van der Waals surface area contributed by atoms with Gasteiger partial charge in [0.1, 0.15) is 0 Å². The minimum Gasteiger partial charge on any atom is -0.327 e. The molecule has 2 N–H and O–H groups in total. The van der Waals surface area contributed by atoms with Crippen molar-refractivity contribution in [1.29, 1.82) is 0 Å². The Balaban J connectivity index is 1.73. The van der Waals surface area contributed by atoms with Crippen LogP contribution in [0.5, 0.6) is 0 Å². The normalized spacial score (nSPS) is 33.2. The summed E-state index contributed by atoms with van der Waals surface area (Å²) in [5.41, 5.74) is 6.25. The van der Waals surface area contributed by atoms with E-state index < -0.39 is 0 Å². The number of piperidine rings is 1. The first-order chi connectivity index (χ1) is 8.16. The highest BCUT2D eigenvalue weighted by Gasteiger charge is 2.27. The lowest BCUT2D eigenvalue weighted by Gasteiger charge is -2.38. The summed E-state index contributed by atoms with van der Waals surface area (Å²) in [5, 5.41) is 0. The Morgan fingerprint density at radius 1 is 1.06 bits per heavy atom. The van der Waals surface area contributed by atoms with Crippen LogP contribution < -0.4 is 5.73 Å². The lowest BCUT2D eigenvalue weighted by molar-refractivity contribution is 0.121. The molecule has 0 radical (unpaired) electrons. The van der Waals surface area contributed by atoms with Crippen molar-refractivity contribution in [2.24, 2.45) is 23.5 Å². The van der Waals surface area contributed by atoms with Crippen LogP contribution in [0.25, 0.3) is 0 Å². The molecule has 2 atom stereocenters. The topological polar surface area (TPSA) is 29.3 Å². The zero-order chi connectivity index (χ0) is 12.3. The summed E-state index contributed by atoms with van der Waals surface area (Å²) in [6.07, 6.45) is 8.19. The Labute approximate surface area is 107 Å². The summed E-state index contributed by atoms with van der Waals surface area (Å²) >= 11 is 0. The average molecular weight is 238 g/mol. The number of hydrogen-bond donors (Lipinski definition) is 1. The van der Waals surface area contributed by atoms with E-state index in [1.165, 1.54) is 58.2 Å². The SMILES string of the molecule is CC(C)C1CCN(CC2CCCCC2N)CC1. The molecule has 100 valence electrons. The van der Waals surface area contributed by atoms with Crippen molar-refractivity contribution in [3.8, 4) is 0 Å². The van der Waals surface area contributed by atoms with Crippen LogP contribution in [0.15, 0.2) is 0 Å². The quantitative estimate of drug-likeness (QED) is 0.819. The molecule has 0 aromatic rings. The third-order valence-corrected chi connectivity index (χ3v) is 5.04. The van der Waals surface area contributed by atoms with Crippen molar-refractivity contribution in [2.75, 3.05) is 19.6 Å². The predicted molar refractivity (Wildman–Crippen MR) is 73.9 cm³/mol. The van der Waals surface area contributed by atoms with Crippen LogP contribution in [-0.2, 0) is 0 Å². The van der Waals surface area contributed by atoms with Gasteiger partial charge in [-0.05, 0) is 56.5 Å². The highest BCUT2D eigenvalue weighted by molar-refractivity contribution is 4.82. The zero-order valence-corrected chi connectivity index (χ0v) is 11.7. The Morgan fingerprint density at radius 2 is 1.71 bits per heavy atom. The van der Waals surface area contributed by atoms with E-state index in [-0.39, 0.29) is 0 Å². The Bertz CT molecular complexity index is 219. The molecule has 0 aromatic carbocycles. The van der Waals surface area contributed by atoms with Crippen LogP contribution in [0.3, 0.4) is 0 Å². The maximum atomic E-state index is 6.25. The minimum atomic E-state index is 0.478. The van der Waals surface area contributed by atoms with Gasteiger partial charge < -0.3 is 10.6 Å². The van der Waals surface area contributed by atoms with Crippen molar-refractivity contribution in [1.82, 2.24) is 4.90 Å². The van der Waals surface area contributed by atoms with E-state index in [1.54, 1.807) is 0 Å². The van der Waals surface area contributed by atoms with E-state index in [9.17, 15) is 0 Å². The molecular formula is C15H30N2. The monoisotopic (exact) mass is 238 g/mol. The maximum Gasteiger partial charge on any atom is 0.00793 e. The van der Waals surface area contributed by atoms with Gasteiger partial charge in [-0.15, -0.1) is 0 Å². The molecule has 0 spiro atoms. The smallest absolute Gasteiger partial charge is 0.00793 e. The van der Waals surface area contributed by atoms with Crippen LogP contribution in [0.1, 0.15) is 52.4 Å². The average Bonchev–Trinajstić information content (AvgIpc) is 2.33. The van der Waals surface area contributed by atoms with E-state index >= 15 is 0 Å². The molecule has 1 aliphatic heterocycles. The van der Waals surface area contributed by atoms with Gasteiger partial charge >= 0.3 is 0 Å². The number of nitrogens with zero attached hydrogens (tertiary/aromatic N) is 1. The Hall–Kier alpha value is -0.0800. The van der Waals surface area contributed by atoms with Crippen LogP contribution in [-0.4, -0.2) is 30.6 Å². The molecule has 0 aromatic heterocycles. The molecule has 17 heavy (non-hydrogen) atoms. The lowest BCUT2D eigenvalue weighted by Crippen LogP contribution is -2.44. The largest absolute Gasteiger partial charge is 0.327 e. The van der Waals surface area contributed by atoms with E-state index in [0.29, 0.717) is 6.04 Å². The first-order valence-corrected chi connectivity index (χ1v) is 7.64. The fourth-order valence-electron chi connectivity index (χ4n) is 3.60. The highest BCUT2D eigenvalue weighted by atomic mass is 15.1. The molecule has 1 aliphatic carbocycles. The van der Waals surface area contributed by atoms with E-state index in [0.717, 1.165) is 17.8 Å². The molecule has 2 rings (SSSR count). The standard InChI is InChI=1S/C15H30N2/c1-12(2)13-7-9-17(10-8-13)11-14-5-3-4-6-15(14)16/h12-15H,3-11,16H2,1-2H3. The van der Waals surface area contributed by atoms with Crippen molar-refractivity contribution in [3.63, 3.8) is 0 Å². The second-order valence-electron chi connectivity index (χ2n) is 6.59. The van der Waals surface area contributed by atoms with Crippen molar-refractivity contribution < 1.29 is 0 Å². The summed E-state index contributed by atoms with van der Waals surface area (Å²) in [4.78, 5) is 2.68. The summed E-state index contributed by atoms with van der Waals surface area (Å²) in [6.45, 7) is 8.64. The molecule has 0 amide bonds. The highest BCUT2D eigenvalue weighted by Crippen LogP contribution is 2.28. The Kier molecular flexibility index (Phi) is 4.87. The maximum absolute atomic E-state index is 6.25. The summed E-state index contributed by atoms with van der Waals surface area (Å²) in [5.74, 6) is 2.61. The molecule has 1 heterocycles. The second kappa shape index (κ2) is 6.19. The number of hydrogen-bond acceptors (Lipinski definition) is 2. The fourth-order valence-corrected chi connectivity index (χ4v) is 3.60. The van der Waals surface area contributed by atoms with Crippen LogP contribution in [0, 0.1) is 17.8 Å². The predicted octanol–water partition coefficient (Wildman–Crippen LogP) is 2.87. The summed E-state index contributed by atoms with van der Waals surface area (Å²) in [6, 6.07) is 0.478. The number of rotatable bonds is 3.